The average Bonchev–Trinajstić information content (AvgIpc) is 3.18. The van der Waals surface area contributed by atoms with E-state index in [1.807, 2.05) is 43.3 Å². The van der Waals surface area contributed by atoms with Crippen molar-refractivity contribution in [2.24, 2.45) is 0 Å². The lowest BCUT2D eigenvalue weighted by Gasteiger charge is -2.25. The highest BCUT2D eigenvalue weighted by Crippen LogP contribution is 2.37. The number of nitriles is 3. The first-order chi connectivity index (χ1) is 17.6. The number of hydrogen-bond donors (Lipinski definition) is 0. The molecule has 0 fully saturated rings. The van der Waals surface area contributed by atoms with Gasteiger partial charge < -0.3 is 9.80 Å². The van der Waals surface area contributed by atoms with Crippen molar-refractivity contribution >= 4 is 17.2 Å². The van der Waals surface area contributed by atoms with Crippen molar-refractivity contribution in [1.29, 1.82) is 15.8 Å². The molecule has 190 valence electrons. The van der Waals surface area contributed by atoms with E-state index in [1.54, 1.807) is 0 Å². The van der Waals surface area contributed by atoms with Crippen LogP contribution in [-0.4, -0.2) is 30.4 Å². The maximum atomic E-state index is 13.4. The summed E-state index contributed by atoms with van der Waals surface area (Å²) in [5.74, 6) is -0.318. The van der Waals surface area contributed by atoms with Gasteiger partial charge in [-0.25, -0.2) is 0 Å². The van der Waals surface area contributed by atoms with Crippen LogP contribution >= 0.6 is 0 Å². The van der Waals surface area contributed by atoms with Crippen LogP contribution in [0, 0.1) is 34.0 Å². The van der Waals surface area contributed by atoms with Crippen LogP contribution in [-0.2, 0) is 4.79 Å². The minimum Gasteiger partial charge on any atom is -0.372 e. The molecule has 1 aliphatic heterocycles. The topological polar surface area (TPSA) is 94.9 Å². The SMILES string of the molecule is CCCCCCN(CCCCCC)c1ccc(C2=C(C#N)C(=C(C#N)C#N)N(CCCC)C2=O)cc1. The minimum absolute atomic E-state index is 0.109. The van der Waals surface area contributed by atoms with E-state index in [9.17, 15) is 20.6 Å². The van der Waals surface area contributed by atoms with Gasteiger partial charge in [0, 0.05) is 25.3 Å². The predicted octanol–water partition coefficient (Wildman–Crippen LogP) is 6.87. The Balaban J connectivity index is 2.39. The molecule has 0 bridgehead atoms. The zero-order valence-corrected chi connectivity index (χ0v) is 22.1. The van der Waals surface area contributed by atoms with E-state index >= 15 is 0 Å². The molecule has 0 spiro atoms. The van der Waals surface area contributed by atoms with Crippen molar-refractivity contribution in [3.8, 4) is 18.2 Å². The van der Waals surface area contributed by atoms with E-state index in [0.29, 0.717) is 12.1 Å². The smallest absolute Gasteiger partial charge is 0.260 e. The number of benzene rings is 1. The highest BCUT2D eigenvalue weighted by molar-refractivity contribution is 6.25. The maximum absolute atomic E-state index is 13.4. The number of nitrogens with zero attached hydrogens (tertiary/aromatic N) is 5. The second kappa shape index (κ2) is 15.4. The first kappa shape index (κ1) is 28.7. The van der Waals surface area contributed by atoms with Crippen LogP contribution in [0.15, 0.2) is 41.1 Å². The first-order valence-corrected chi connectivity index (χ1v) is 13.4. The number of allylic oxidation sites excluding steroid dienone is 2. The van der Waals surface area contributed by atoms with Gasteiger partial charge in [0.25, 0.3) is 5.91 Å². The fraction of sp³-hybridized carbons (Fsp3) is 0.533. The van der Waals surface area contributed by atoms with E-state index < -0.39 is 0 Å². The predicted molar refractivity (Wildman–Crippen MR) is 144 cm³/mol. The van der Waals surface area contributed by atoms with Crippen molar-refractivity contribution in [1.82, 2.24) is 4.90 Å². The average molecular weight is 486 g/mol. The molecule has 1 aromatic rings. The van der Waals surface area contributed by atoms with Gasteiger partial charge in [0.05, 0.1) is 16.8 Å². The third kappa shape index (κ3) is 7.22. The fourth-order valence-electron chi connectivity index (χ4n) is 4.56. The molecule has 0 N–H and O–H groups in total. The van der Waals surface area contributed by atoms with Gasteiger partial charge in [-0.2, -0.15) is 15.8 Å². The molecule has 0 radical (unpaired) electrons. The molecule has 0 unspecified atom stereocenters. The molecule has 1 aliphatic rings. The van der Waals surface area contributed by atoms with Gasteiger partial charge in [-0.15, -0.1) is 0 Å². The van der Waals surface area contributed by atoms with Gasteiger partial charge in [-0.1, -0.05) is 77.8 Å². The molecule has 0 saturated carbocycles. The standard InChI is InChI=1S/C30H39N5O/c1-4-7-10-12-18-34(19-13-11-8-5-2)26-16-14-24(15-17-26)28-27(23-33)29(25(21-31)22-32)35(30(28)36)20-9-6-3/h14-17H,4-13,18-20H2,1-3H3. The lowest BCUT2D eigenvalue weighted by atomic mass is 9.99. The van der Waals surface area contributed by atoms with Gasteiger partial charge in [0.2, 0.25) is 0 Å². The molecule has 6 heteroatoms. The molecule has 0 atom stereocenters. The number of carbonyl (C=O) groups excluding carboxylic acids is 1. The summed E-state index contributed by atoms with van der Waals surface area (Å²) < 4.78 is 0. The molecular formula is C30H39N5O. The van der Waals surface area contributed by atoms with Crippen LogP contribution in [0.1, 0.15) is 90.5 Å². The molecule has 0 aliphatic carbocycles. The summed E-state index contributed by atoms with van der Waals surface area (Å²) in [5, 5.41) is 28.9. The van der Waals surface area contributed by atoms with Crippen LogP contribution < -0.4 is 4.90 Å². The van der Waals surface area contributed by atoms with Crippen LogP contribution in [0.3, 0.4) is 0 Å². The Morgan fingerprint density at radius 3 is 1.83 bits per heavy atom. The van der Waals surface area contributed by atoms with Crippen molar-refractivity contribution in [3.63, 3.8) is 0 Å². The van der Waals surface area contributed by atoms with Crippen LogP contribution in [0.4, 0.5) is 5.69 Å². The Kier molecular flexibility index (Phi) is 12.3. The fourth-order valence-corrected chi connectivity index (χ4v) is 4.56. The molecule has 1 amide bonds. The molecule has 6 nitrogen and oxygen atoms in total. The van der Waals surface area contributed by atoms with Crippen LogP contribution in [0.2, 0.25) is 0 Å². The molecule has 0 saturated heterocycles. The molecule has 1 aromatic carbocycles. The van der Waals surface area contributed by atoms with Gasteiger partial charge in [0.15, 0.2) is 5.57 Å². The summed E-state index contributed by atoms with van der Waals surface area (Å²) >= 11 is 0. The number of unbranched alkanes of at least 4 members (excludes halogenated alkanes) is 7. The van der Waals surface area contributed by atoms with Gasteiger partial charge >= 0.3 is 0 Å². The summed E-state index contributed by atoms with van der Waals surface area (Å²) in [6.45, 7) is 8.82. The highest BCUT2D eigenvalue weighted by atomic mass is 16.2. The van der Waals surface area contributed by atoms with E-state index in [4.69, 9.17) is 0 Å². The first-order valence-electron chi connectivity index (χ1n) is 13.4. The van der Waals surface area contributed by atoms with E-state index in [1.165, 1.54) is 43.4 Å². The second-order valence-electron chi connectivity index (χ2n) is 9.27. The number of hydrogen-bond acceptors (Lipinski definition) is 5. The molecule has 1 heterocycles. The quantitative estimate of drug-likeness (QED) is 0.199. The second-order valence-corrected chi connectivity index (χ2v) is 9.27. The number of rotatable bonds is 15. The number of carbonyl (C=O) groups is 1. The summed E-state index contributed by atoms with van der Waals surface area (Å²) in [7, 11) is 0. The summed E-state index contributed by atoms with van der Waals surface area (Å²) in [4.78, 5) is 17.3. The van der Waals surface area contributed by atoms with Crippen molar-refractivity contribution in [3.05, 3.63) is 46.7 Å². The zero-order valence-electron chi connectivity index (χ0n) is 22.1. The van der Waals surface area contributed by atoms with Crippen molar-refractivity contribution in [2.75, 3.05) is 24.5 Å². The third-order valence-electron chi connectivity index (χ3n) is 6.61. The zero-order chi connectivity index (χ0) is 26.3. The Bertz CT molecular complexity index is 1030. The molecular weight excluding hydrogens is 446 g/mol. The van der Waals surface area contributed by atoms with Crippen molar-refractivity contribution < 1.29 is 4.79 Å². The van der Waals surface area contributed by atoms with Gasteiger partial charge in [-0.3, -0.25) is 4.79 Å². The monoisotopic (exact) mass is 485 g/mol. The summed E-state index contributed by atoms with van der Waals surface area (Å²) in [6, 6.07) is 13.7. The summed E-state index contributed by atoms with van der Waals surface area (Å²) in [6.07, 6.45) is 11.2. The normalized spacial score (nSPS) is 12.9. The largest absolute Gasteiger partial charge is 0.372 e. The molecule has 0 aromatic heterocycles. The maximum Gasteiger partial charge on any atom is 0.260 e. The lowest BCUT2D eigenvalue weighted by Crippen LogP contribution is -2.27. The third-order valence-corrected chi connectivity index (χ3v) is 6.61. The Labute approximate surface area is 217 Å². The lowest BCUT2D eigenvalue weighted by molar-refractivity contribution is -0.122. The summed E-state index contributed by atoms with van der Waals surface area (Å²) in [5.41, 5.74) is 2.09. The van der Waals surface area contributed by atoms with Crippen LogP contribution in [0.25, 0.3) is 5.57 Å². The number of anilines is 1. The Hall–Kier alpha value is -3.56. The molecule has 2 rings (SSSR count). The van der Waals surface area contributed by atoms with Gasteiger partial charge in [0.1, 0.15) is 18.2 Å². The van der Waals surface area contributed by atoms with Gasteiger partial charge in [-0.05, 0) is 37.0 Å². The highest BCUT2D eigenvalue weighted by Gasteiger charge is 2.38. The van der Waals surface area contributed by atoms with E-state index in [2.05, 4.69) is 24.8 Å². The Morgan fingerprint density at radius 2 is 1.36 bits per heavy atom. The number of amides is 1. The minimum atomic E-state index is -0.318. The van der Waals surface area contributed by atoms with E-state index in [-0.39, 0.29) is 28.3 Å². The van der Waals surface area contributed by atoms with Crippen LogP contribution in [0.5, 0.6) is 0 Å². The Morgan fingerprint density at radius 1 is 0.806 bits per heavy atom. The van der Waals surface area contributed by atoms with E-state index in [0.717, 1.165) is 44.5 Å². The molecule has 36 heavy (non-hydrogen) atoms. The van der Waals surface area contributed by atoms with Crippen molar-refractivity contribution in [2.45, 2.75) is 85.0 Å².